The van der Waals surface area contributed by atoms with E-state index in [1.165, 1.54) is 32.1 Å². The van der Waals surface area contributed by atoms with Gasteiger partial charge in [0, 0.05) is 19.6 Å². The lowest BCUT2D eigenvalue weighted by molar-refractivity contribution is -0.0929. The summed E-state index contributed by atoms with van der Waals surface area (Å²) in [6.07, 6.45) is 8.10. The number of ether oxygens (including phenoxy) is 2. The van der Waals surface area contributed by atoms with E-state index in [0.29, 0.717) is 0 Å². The SMILES string of the molecule is CCCCCOCCC(O[SiH3])OCCCCC. The van der Waals surface area contributed by atoms with Gasteiger partial charge in [0.25, 0.3) is 0 Å². The molecule has 0 aliphatic rings. The Balaban J connectivity index is 3.28. The van der Waals surface area contributed by atoms with Gasteiger partial charge in [-0.05, 0) is 12.8 Å². The molecule has 0 rings (SSSR count). The van der Waals surface area contributed by atoms with E-state index in [2.05, 4.69) is 13.8 Å². The van der Waals surface area contributed by atoms with Crippen LogP contribution in [0.5, 0.6) is 0 Å². The Bertz CT molecular complexity index is 145. The van der Waals surface area contributed by atoms with Gasteiger partial charge < -0.3 is 13.9 Å². The van der Waals surface area contributed by atoms with Gasteiger partial charge in [-0.2, -0.15) is 0 Å². The molecule has 0 aromatic heterocycles. The third kappa shape index (κ3) is 12.3. The molecule has 1 unspecified atom stereocenters. The zero-order valence-electron chi connectivity index (χ0n) is 11.9. The summed E-state index contributed by atoms with van der Waals surface area (Å²) in [5.74, 6) is 0. The first-order valence-corrected chi connectivity index (χ1v) is 7.88. The minimum atomic E-state index is -0.0373. The van der Waals surface area contributed by atoms with Crippen LogP contribution in [0.2, 0.25) is 0 Å². The largest absolute Gasteiger partial charge is 0.404 e. The first kappa shape index (κ1) is 17.1. The van der Waals surface area contributed by atoms with Crippen molar-refractivity contribution in [3.8, 4) is 0 Å². The first-order chi connectivity index (χ1) is 8.35. The van der Waals surface area contributed by atoms with Crippen LogP contribution in [-0.2, 0) is 13.9 Å². The van der Waals surface area contributed by atoms with Crippen LogP contribution in [-0.4, -0.2) is 36.6 Å². The summed E-state index contributed by atoms with van der Waals surface area (Å²) < 4.78 is 16.6. The predicted octanol–water partition coefficient (Wildman–Crippen LogP) is 2.41. The molecular weight excluding hydrogens is 232 g/mol. The van der Waals surface area contributed by atoms with Gasteiger partial charge in [-0.25, -0.2) is 0 Å². The highest BCUT2D eigenvalue weighted by Crippen LogP contribution is 2.03. The Labute approximate surface area is 110 Å². The van der Waals surface area contributed by atoms with Crippen molar-refractivity contribution in [2.75, 3.05) is 19.8 Å². The summed E-state index contributed by atoms with van der Waals surface area (Å²) >= 11 is 0. The number of hydrogen-bond donors (Lipinski definition) is 0. The van der Waals surface area contributed by atoms with E-state index in [4.69, 9.17) is 13.9 Å². The molecule has 0 aliphatic carbocycles. The van der Waals surface area contributed by atoms with Crippen molar-refractivity contribution in [2.24, 2.45) is 0 Å². The van der Waals surface area contributed by atoms with Gasteiger partial charge in [0.2, 0.25) is 0 Å². The lowest BCUT2D eigenvalue weighted by Crippen LogP contribution is -2.19. The standard InChI is InChI=1S/C13H30O3Si/c1-3-5-7-10-14-12-9-13(16-17)15-11-8-6-4-2/h13H,3-12H2,1-2,17H3. The molecule has 0 aromatic rings. The van der Waals surface area contributed by atoms with Crippen LogP contribution in [0.3, 0.4) is 0 Å². The maximum absolute atomic E-state index is 5.65. The molecule has 0 bridgehead atoms. The second-order valence-electron chi connectivity index (χ2n) is 4.35. The highest BCUT2D eigenvalue weighted by atomic mass is 28.2. The van der Waals surface area contributed by atoms with Gasteiger partial charge in [0.1, 0.15) is 16.8 Å². The van der Waals surface area contributed by atoms with Crippen LogP contribution in [0.1, 0.15) is 58.8 Å². The van der Waals surface area contributed by atoms with Crippen molar-refractivity contribution in [2.45, 2.75) is 65.1 Å². The molecule has 0 saturated heterocycles. The molecule has 0 aromatic carbocycles. The van der Waals surface area contributed by atoms with Crippen LogP contribution in [0.25, 0.3) is 0 Å². The van der Waals surface area contributed by atoms with Crippen molar-refractivity contribution in [1.29, 1.82) is 0 Å². The van der Waals surface area contributed by atoms with E-state index in [9.17, 15) is 0 Å². The van der Waals surface area contributed by atoms with Crippen molar-refractivity contribution >= 4 is 10.5 Å². The quantitative estimate of drug-likeness (QED) is 0.290. The molecule has 0 amide bonds. The monoisotopic (exact) mass is 262 g/mol. The van der Waals surface area contributed by atoms with Crippen molar-refractivity contribution < 1.29 is 13.9 Å². The summed E-state index contributed by atoms with van der Waals surface area (Å²) in [5.41, 5.74) is 0. The molecule has 0 aliphatic heterocycles. The molecule has 0 spiro atoms. The molecule has 0 saturated carbocycles. The number of unbranched alkanes of at least 4 members (excludes halogenated alkanes) is 4. The van der Waals surface area contributed by atoms with Gasteiger partial charge >= 0.3 is 0 Å². The topological polar surface area (TPSA) is 27.7 Å². The minimum absolute atomic E-state index is 0.0373. The fourth-order valence-corrected chi connectivity index (χ4v) is 1.94. The fraction of sp³-hybridized carbons (Fsp3) is 1.00. The van der Waals surface area contributed by atoms with Crippen LogP contribution in [0.4, 0.5) is 0 Å². The molecule has 17 heavy (non-hydrogen) atoms. The van der Waals surface area contributed by atoms with E-state index in [0.717, 1.165) is 43.1 Å². The van der Waals surface area contributed by atoms with Crippen LogP contribution in [0, 0.1) is 0 Å². The highest BCUT2D eigenvalue weighted by molar-refractivity contribution is 5.98. The summed E-state index contributed by atoms with van der Waals surface area (Å²) in [6, 6.07) is 0. The van der Waals surface area contributed by atoms with Crippen molar-refractivity contribution in [3.63, 3.8) is 0 Å². The van der Waals surface area contributed by atoms with Gasteiger partial charge in [-0.3, -0.25) is 0 Å². The Morgan fingerprint density at radius 1 is 0.882 bits per heavy atom. The van der Waals surface area contributed by atoms with E-state index in [1.54, 1.807) is 0 Å². The van der Waals surface area contributed by atoms with Gasteiger partial charge in [-0.15, -0.1) is 0 Å². The molecular formula is C13H30O3Si. The normalized spacial score (nSPS) is 13.1. The van der Waals surface area contributed by atoms with Gasteiger partial charge in [-0.1, -0.05) is 39.5 Å². The molecule has 0 radical (unpaired) electrons. The molecule has 0 heterocycles. The second-order valence-corrected chi connectivity index (χ2v) is 4.82. The zero-order chi connectivity index (χ0) is 12.8. The zero-order valence-corrected chi connectivity index (χ0v) is 13.9. The van der Waals surface area contributed by atoms with Gasteiger partial charge in [0.15, 0.2) is 0 Å². The average molecular weight is 262 g/mol. The first-order valence-electron chi connectivity index (χ1n) is 7.07. The Kier molecular flexibility index (Phi) is 14.2. The minimum Gasteiger partial charge on any atom is -0.404 e. The molecule has 0 fully saturated rings. The Morgan fingerprint density at radius 3 is 2.12 bits per heavy atom. The maximum atomic E-state index is 5.65. The summed E-state index contributed by atoms with van der Waals surface area (Å²) in [4.78, 5) is 0. The van der Waals surface area contributed by atoms with Crippen LogP contribution < -0.4 is 0 Å². The smallest absolute Gasteiger partial charge is 0.149 e. The molecule has 0 N–H and O–H groups in total. The number of hydrogen-bond acceptors (Lipinski definition) is 3. The summed E-state index contributed by atoms with van der Waals surface area (Å²) in [5, 5.41) is 0. The van der Waals surface area contributed by atoms with Gasteiger partial charge in [0.05, 0.1) is 6.61 Å². The fourth-order valence-electron chi connectivity index (χ4n) is 1.57. The maximum Gasteiger partial charge on any atom is 0.149 e. The third-order valence-corrected chi connectivity index (χ3v) is 3.23. The molecule has 4 heteroatoms. The average Bonchev–Trinajstić information content (AvgIpc) is 2.36. The lowest BCUT2D eigenvalue weighted by atomic mass is 10.3. The van der Waals surface area contributed by atoms with Crippen molar-refractivity contribution in [1.82, 2.24) is 0 Å². The van der Waals surface area contributed by atoms with E-state index < -0.39 is 0 Å². The molecule has 1 atom stereocenters. The number of rotatable bonds is 13. The van der Waals surface area contributed by atoms with Crippen LogP contribution >= 0.6 is 0 Å². The van der Waals surface area contributed by atoms with E-state index >= 15 is 0 Å². The summed E-state index contributed by atoms with van der Waals surface area (Å²) in [7, 11) is 0.731. The third-order valence-electron chi connectivity index (χ3n) is 2.70. The lowest BCUT2D eigenvalue weighted by Gasteiger charge is -2.16. The van der Waals surface area contributed by atoms with E-state index in [-0.39, 0.29) is 6.29 Å². The Hall–Kier alpha value is 0.0969. The second kappa shape index (κ2) is 14.2. The van der Waals surface area contributed by atoms with E-state index in [1.807, 2.05) is 0 Å². The Morgan fingerprint density at radius 2 is 1.53 bits per heavy atom. The highest BCUT2D eigenvalue weighted by Gasteiger charge is 2.06. The molecule has 104 valence electrons. The van der Waals surface area contributed by atoms with Crippen LogP contribution in [0.15, 0.2) is 0 Å². The molecule has 3 nitrogen and oxygen atoms in total. The van der Waals surface area contributed by atoms with Crippen molar-refractivity contribution in [3.05, 3.63) is 0 Å². The summed E-state index contributed by atoms with van der Waals surface area (Å²) in [6.45, 7) is 6.85. The predicted molar refractivity (Wildman–Crippen MR) is 75.3 cm³/mol.